The van der Waals surface area contributed by atoms with Gasteiger partial charge in [0.05, 0.1) is 29.5 Å². The third-order valence-corrected chi connectivity index (χ3v) is 5.26. The second kappa shape index (κ2) is 6.75. The second-order valence-corrected chi connectivity index (χ2v) is 8.45. The lowest BCUT2D eigenvalue weighted by Crippen LogP contribution is -2.49. The molecule has 0 aromatic heterocycles. The lowest BCUT2D eigenvalue weighted by Gasteiger charge is -2.34. The number of rotatable bonds is 4. The van der Waals surface area contributed by atoms with Gasteiger partial charge >= 0.3 is 10.1 Å². The Bertz CT molecular complexity index is 887. The van der Waals surface area contributed by atoms with Crippen LogP contribution in [0.1, 0.15) is 24.0 Å². The first-order valence-electron chi connectivity index (χ1n) is 8.06. The van der Waals surface area contributed by atoms with Crippen LogP contribution in [0.15, 0.2) is 17.9 Å². The summed E-state index contributed by atoms with van der Waals surface area (Å²) in [6, 6.07) is 3.42. The zero-order chi connectivity index (χ0) is 19.1. The zero-order valence-electron chi connectivity index (χ0n) is 14.7. The number of ether oxygens (including phenoxy) is 2. The SMILES string of the molecule is COc1cc(C)cc(Cl)c1C1=C(OS(C)(=O)=O)C2(CCOCC2)NC1=O. The number of hydrogen-bond donors (Lipinski definition) is 1. The largest absolute Gasteiger partial charge is 0.496 e. The van der Waals surface area contributed by atoms with Gasteiger partial charge in [-0.2, -0.15) is 8.42 Å². The molecular weight excluding hydrogens is 382 g/mol. The molecule has 0 aliphatic carbocycles. The van der Waals surface area contributed by atoms with Crippen molar-refractivity contribution in [3.8, 4) is 5.75 Å². The summed E-state index contributed by atoms with van der Waals surface area (Å²) in [6.45, 7) is 2.60. The normalized spacial score (nSPS) is 19.6. The number of nitrogens with one attached hydrogen (secondary N) is 1. The molecule has 0 radical (unpaired) electrons. The lowest BCUT2D eigenvalue weighted by atomic mass is 9.88. The molecule has 1 fully saturated rings. The van der Waals surface area contributed by atoms with Crippen LogP contribution in [0.4, 0.5) is 0 Å². The van der Waals surface area contributed by atoms with Crippen LogP contribution in [0.25, 0.3) is 5.57 Å². The van der Waals surface area contributed by atoms with Crippen LogP contribution in [0.5, 0.6) is 5.75 Å². The van der Waals surface area contributed by atoms with Crippen LogP contribution in [-0.2, 0) is 23.8 Å². The number of carbonyl (C=O) groups excluding carboxylic acids is 1. The van der Waals surface area contributed by atoms with Crippen molar-refractivity contribution in [2.24, 2.45) is 0 Å². The highest BCUT2D eigenvalue weighted by atomic mass is 35.5. The van der Waals surface area contributed by atoms with Crippen LogP contribution in [-0.4, -0.2) is 46.4 Å². The molecule has 0 saturated carbocycles. The summed E-state index contributed by atoms with van der Waals surface area (Å²) in [5.74, 6) is -0.0224. The highest BCUT2D eigenvalue weighted by Gasteiger charge is 2.50. The van der Waals surface area contributed by atoms with Crippen LogP contribution >= 0.6 is 11.6 Å². The van der Waals surface area contributed by atoms with E-state index >= 15 is 0 Å². The number of benzene rings is 1. The fourth-order valence-corrected chi connectivity index (χ4v) is 4.27. The van der Waals surface area contributed by atoms with Gasteiger partial charge in [-0.25, -0.2) is 0 Å². The average molecular weight is 402 g/mol. The van der Waals surface area contributed by atoms with Gasteiger partial charge in [0.1, 0.15) is 11.3 Å². The summed E-state index contributed by atoms with van der Waals surface area (Å²) in [6.07, 6.45) is 1.75. The molecule has 26 heavy (non-hydrogen) atoms. The summed E-state index contributed by atoms with van der Waals surface area (Å²) in [4.78, 5) is 12.9. The van der Waals surface area contributed by atoms with Crippen molar-refractivity contribution in [1.82, 2.24) is 5.32 Å². The number of aryl methyl sites for hydroxylation is 1. The van der Waals surface area contributed by atoms with E-state index < -0.39 is 21.6 Å². The highest BCUT2D eigenvalue weighted by Crippen LogP contribution is 2.45. The van der Waals surface area contributed by atoms with Gasteiger partial charge in [0.25, 0.3) is 5.91 Å². The topological polar surface area (TPSA) is 90.9 Å². The molecule has 1 spiro atoms. The predicted molar refractivity (Wildman–Crippen MR) is 96.5 cm³/mol. The Labute approximate surface area is 157 Å². The maximum atomic E-state index is 12.9. The molecule has 2 heterocycles. The van der Waals surface area contributed by atoms with Crippen molar-refractivity contribution in [2.45, 2.75) is 25.3 Å². The minimum absolute atomic E-state index is 0.0531. The molecule has 3 rings (SSSR count). The summed E-state index contributed by atoms with van der Waals surface area (Å²) in [7, 11) is -2.40. The van der Waals surface area contributed by atoms with E-state index in [0.717, 1.165) is 11.8 Å². The van der Waals surface area contributed by atoms with Gasteiger partial charge in [-0.3, -0.25) is 4.79 Å². The number of carbonyl (C=O) groups is 1. The molecule has 0 bridgehead atoms. The fourth-order valence-electron chi connectivity index (χ4n) is 3.36. The first kappa shape index (κ1) is 19.0. The van der Waals surface area contributed by atoms with Crippen molar-refractivity contribution >= 4 is 33.2 Å². The van der Waals surface area contributed by atoms with Crippen molar-refractivity contribution in [3.63, 3.8) is 0 Å². The van der Waals surface area contributed by atoms with Crippen molar-refractivity contribution < 1.29 is 26.9 Å². The van der Waals surface area contributed by atoms with E-state index in [-0.39, 0.29) is 16.4 Å². The Morgan fingerprint density at radius 2 is 1.92 bits per heavy atom. The average Bonchev–Trinajstić information content (AvgIpc) is 2.77. The molecule has 1 N–H and O–H groups in total. The van der Waals surface area contributed by atoms with Crippen LogP contribution < -0.4 is 10.1 Å². The molecule has 1 amide bonds. The fraction of sp³-hybridized carbons (Fsp3) is 0.471. The maximum absolute atomic E-state index is 12.9. The minimum atomic E-state index is -3.86. The summed E-state index contributed by atoms with van der Waals surface area (Å²) in [5.41, 5.74) is 0.312. The first-order chi connectivity index (χ1) is 12.2. The molecule has 2 aliphatic rings. The van der Waals surface area contributed by atoms with E-state index in [1.54, 1.807) is 12.1 Å². The molecular formula is C17H20ClNO6S. The smallest absolute Gasteiger partial charge is 0.306 e. The molecule has 2 aliphatic heterocycles. The lowest BCUT2D eigenvalue weighted by molar-refractivity contribution is -0.117. The third-order valence-electron chi connectivity index (χ3n) is 4.49. The van der Waals surface area contributed by atoms with E-state index in [1.807, 2.05) is 6.92 Å². The number of amides is 1. The quantitative estimate of drug-likeness (QED) is 0.776. The number of methoxy groups -OCH3 is 1. The number of halogens is 1. The molecule has 0 atom stereocenters. The zero-order valence-corrected chi connectivity index (χ0v) is 16.3. The van der Waals surface area contributed by atoms with Crippen LogP contribution in [0.3, 0.4) is 0 Å². The van der Waals surface area contributed by atoms with Gasteiger partial charge in [-0.15, -0.1) is 0 Å². The van der Waals surface area contributed by atoms with Crippen molar-refractivity contribution in [1.29, 1.82) is 0 Å². The van der Waals surface area contributed by atoms with Gasteiger partial charge < -0.3 is 19.0 Å². The van der Waals surface area contributed by atoms with Gasteiger partial charge in [-0.1, -0.05) is 11.6 Å². The van der Waals surface area contributed by atoms with E-state index in [0.29, 0.717) is 37.4 Å². The van der Waals surface area contributed by atoms with E-state index in [2.05, 4.69) is 5.32 Å². The van der Waals surface area contributed by atoms with Gasteiger partial charge in [0, 0.05) is 26.1 Å². The summed E-state index contributed by atoms with van der Waals surface area (Å²) in [5, 5.41) is 3.17. The Hall–Kier alpha value is -1.77. The van der Waals surface area contributed by atoms with Crippen LogP contribution in [0, 0.1) is 6.92 Å². The van der Waals surface area contributed by atoms with E-state index in [9.17, 15) is 13.2 Å². The molecule has 9 heteroatoms. The van der Waals surface area contributed by atoms with Gasteiger partial charge in [-0.05, 0) is 24.6 Å². The highest BCUT2D eigenvalue weighted by molar-refractivity contribution is 7.86. The predicted octanol–water partition coefficient (Wildman–Crippen LogP) is 2.02. The van der Waals surface area contributed by atoms with E-state index in [4.69, 9.17) is 25.3 Å². The van der Waals surface area contributed by atoms with Crippen molar-refractivity contribution in [2.75, 3.05) is 26.6 Å². The molecule has 1 aromatic rings. The molecule has 142 valence electrons. The maximum Gasteiger partial charge on any atom is 0.306 e. The monoisotopic (exact) mass is 401 g/mol. The molecule has 1 saturated heterocycles. The van der Waals surface area contributed by atoms with Gasteiger partial charge in [0.2, 0.25) is 0 Å². The van der Waals surface area contributed by atoms with Crippen LogP contribution in [0.2, 0.25) is 5.02 Å². The molecule has 7 nitrogen and oxygen atoms in total. The molecule has 0 unspecified atom stereocenters. The van der Waals surface area contributed by atoms with E-state index in [1.165, 1.54) is 7.11 Å². The minimum Gasteiger partial charge on any atom is -0.496 e. The second-order valence-electron chi connectivity index (χ2n) is 6.46. The van der Waals surface area contributed by atoms with Gasteiger partial charge in [0.15, 0.2) is 5.76 Å². The number of hydrogen-bond acceptors (Lipinski definition) is 6. The Kier molecular flexibility index (Phi) is 4.94. The Morgan fingerprint density at radius 3 is 2.50 bits per heavy atom. The standard InChI is InChI=1S/C17H20ClNO6S/c1-10-8-11(18)13(12(9-10)23-2)14-15(25-26(3,21)22)17(19-16(14)20)4-6-24-7-5-17/h8-9H,4-7H2,1-3H3,(H,19,20). The third kappa shape index (κ3) is 3.41. The Morgan fingerprint density at radius 1 is 1.27 bits per heavy atom. The summed E-state index contributed by atoms with van der Waals surface area (Å²) < 4.78 is 39.9. The Balaban J connectivity index is 2.28. The van der Waals surface area contributed by atoms with Crippen molar-refractivity contribution in [3.05, 3.63) is 34.0 Å². The summed E-state index contributed by atoms with van der Waals surface area (Å²) >= 11 is 6.40. The first-order valence-corrected chi connectivity index (χ1v) is 10.3. The molecule has 1 aromatic carbocycles.